The standard InChI is InChI=1S/C27H32FN3O5/c1-29-26(34)27(35,10-3-13-32)31-18-23-20(4-2-5-22(23)25(31)33)7-8-21-16-19(6-9-24(21)28)17-30-11-14-36-15-12-30/h2,4-6,9,13,16,35H,3,7-8,10-12,14-15,17-18H2,1H3,(H,29,34). The van der Waals surface area contributed by atoms with Gasteiger partial charge in [0.2, 0.25) is 5.72 Å². The number of aldehydes is 1. The van der Waals surface area contributed by atoms with Crippen LogP contribution < -0.4 is 5.32 Å². The van der Waals surface area contributed by atoms with Crippen LogP contribution in [-0.4, -0.2) is 72.1 Å². The number of carbonyl (C=O) groups excluding carboxylic acids is 3. The molecule has 2 aliphatic heterocycles. The molecule has 36 heavy (non-hydrogen) atoms. The Labute approximate surface area is 210 Å². The van der Waals surface area contributed by atoms with Crippen LogP contribution in [0.15, 0.2) is 36.4 Å². The Hall–Kier alpha value is -3.14. The van der Waals surface area contributed by atoms with E-state index in [4.69, 9.17) is 4.74 Å². The van der Waals surface area contributed by atoms with E-state index in [1.165, 1.54) is 13.1 Å². The van der Waals surface area contributed by atoms with Gasteiger partial charge in [-0.1, -0.05) is 24.3 Å². The SMILES string of the molecule is CNC(=O)C(O)(CCC=O)N1Cc2c(CCc3cc(CN4CCOCC4)ccc3F)cccc2C1=O. The molecule has 8 nitrogen and oxygen atoms in total. The third kappa shape index (κ3) is 5.33. The smallest absolute Gasteiger partial charge is 0.273 e. The maximum Gasteiger partial charge on any atom is 0.273 e. The zero-order valence-electron chi connectivity index (χ0n) is 20.5. The summed E-state index contributed by atoms with van der Waals surface area (Å²) in [5.74, 6) is -1.48. The van der Waals surface area contributed by atoms with Gasteiger partial charge in [0.05, 0.1) is 19.8 Å². The fourth-order valence-corrected chi connectivity index (χ4v) is 4.97. The Morgan fingerprint density at radius 3 is 2.67 bits per heavy atom. The molecule has 192 valence electrons. The van der Waals surface area contributed by atoms with Gasteiger partial charge in [-0.25, -0.2) is 4.39 Å². The molecule has 0 aliphatic carbocycles. The number of ether oxygens (including phenoxy) is 1. The number of aryl methyl sites for hydroxylation is 2. The van der Waals surface area contributed by atoms with Crippen LogP contribution in [0.2, 0.25) is 0 Å². The zero-order valence-corrected chi connectivity index (χ0v) is 20.5. The predicted octanol–water partition coefficient (Wildman–Crippen LogP) is 1.81. The topological polar surface area (TPSA) is 99.2 Å². The lowest BCUT2D eigenvalue weighted by Gasteiger charge is -2.35. The number of amides is 2. The van der Waals surface area contributed by atoms with Crippen LogP contribution in [0.3, 0.4) is 0 Å². The number of halogens is 1. The lowest BCUT2D eigenvalue weighted by molar-refractivity contribution is -0.159. The molecule has 0 saturated carbocycles. The Bertz CT molecular complexity index is 1130. The van der Waals surface area contributed by atoms with Crippen molar-refractivity contribution in [3.05, 3.63) is 70.0 Å². The van der Waals surface area contributed by atoms with E-state index in [-0.39, 0.29) is 25.2 Å². The van der Waals surface area contributed by atoms with Gasteiger partial charge >= 0.3 is 0 Å². The maximum absolute atomic E-state index is 14.6. The number of hydrogen-bond donors (Lipinski definition) is 2. The first-order chi connectivity index (χ1) is 17.4. The molecule has 2 heterocycles. The minimum Gasteiger partial charge on any atom is -0.379 e. The highest BCUT2D eigenvalue weighted by atomic mass is 19.1. The number of likely N-dealkylation sites (N-methyl/N-ethyl adjacent to an activating group) is 1. The molecule has 9 heteroatoms. The Morgan fingerprint density at radius 1 is 1.19 bits per heavy atom. The second-order valence-electron chi connectivity index (χ2n) is 9.25. The monoisotopic (exact) mass is 497 g/mol. The average molecular weight is 498 g/mol. The van der Waals surface area contributed by atoms with Gasteiger partial charge in [0.1, 0.15) is 12.1 Å². The third-order valence-electron chi connectivity index (χ3n) is 7.00. The number of benzene rings is 2. The highest BCUT2D eigenvalue weighted by molar-refractivity contribution is 6.02. The summed E-state index contributed by atoms with van der Waals surface area (Å²) < 4.78 is 20.0. The van der Waals surface area contributed by atoms with Crippen molar-refractivity contribution in [2.24, 2.45) is 0 Å². The van der Waals surface area contributed by atoms with E-state index in [0.717, 1.165) is 35.7 Å². The molecule has 0 radical (unpaired) electrons. The number of nitrogens with one attached hydrogen (secondary N) is 1. The lowest BCUT2D eigenvalue weighted by atomic mass is 9.96. The number of fused-ring (bicyclic) bond motifs is 1. The van der Waals surface area contributed by atoms with E-state index in [9.17, 15) is 23.9 Å². The number of aliphatic hydroxyl groups is 1. The van der Waals surface area contributed by atoms with Crippen LogP contribution in [-0.2, 0) is 40.3 Å². The van der Waals surface area contributed by atoms with E-state index in [1.807, 2.05) is 18.2 Å². The summed E-state index contributed by atoms with van der Waals surface area (Å²) in [4.78, 5) is 40.0. The summed E-state index contributed by atoms with van der Waals surface area (Å²) in [6.07, 6.45) is 1.27. The summed E-state index contributed by atoms with van der Waals surface area (Å²) in [6.45, 7) is 3.87. The van der Waals surface area contributed by atoms with Crippen LogP contribution in [0.5, 0.6) is 0 Å². The van der Waals surface area contributed by atoms with Gasteiger partial charge in [-0.15, -0.1) is 0 Å². The normalized spacial score (nSPS) is 17.5. The van der Waals surface area contributed by atoms with E-state index < -0.39 is 17.5 Å². The molecule has 2 N–H and O–H groups in total. The lowest BCUT2D eigenvalue weighted by Crippen LogP contribution is -2.58. The second-order valence-corrected chi connectivity index (χ2v) is 9.25. The summed E-state index contributed by atoms with van der Waals surface area (Å²) in [5.41, 5.74) is 1.48. The second kappa shape index (κ2) is 11.3. The number of rotatable bonds is 10. The van der Waals surface area contributed by atoms with Crippen molar-refractivity contribution >= 4 is 18.1 Å². The van der Waals surface area contributed by atoms with Crippen LogP contribution >= 0.6 is 0 Å². The summed E-state index contributed by atoms with van der Waals surface area (Å²) >= 11 is 0. The molecule has 2 aliphatic rings. The molecular formula is C27H32FN3O5. The number of morpholine rings is 1. The minimum absolute atomic E-state index is 0.0344. The maximum atomic E-state index is 14.6. The first-order valence-corrected chi connectivity index (χ1v) is 12.3. The molecule has 2 amide bonds. The van der Waals surface area contributed by atoms with Gasteiger partial charge < -0.3 is 20.0 Å². The minimum atomic E-state index is -2.14. The fraction of sp³-hybridized carbons (Fsp3) is 0.444. The molecule has 1 atom stereocenters. The van der Waals surface area contributed by atoms with E-state index in [2.05, 4.69) is 10.2 Å². The average Bonchev–Trinajstić information content (AvgIpc) is 3.25. The van der Waals surface area contributed by atoms with Crippen molar-refractivity contribution < 1.29 is 28.6 Å². The van der Waals surface area contributed by atoms with Gasteiger partial charge in [-0.2, -0.15) is 0 Å². The Morgan fingerprint density at radius 2 is 1.94 bits per heavy atom. The van der Waals surface area contributed by atoms with Gasteiger partial charge in [0.15, 0.2) is 0 Å². The van der Waals surface area contributed by atoms with Gasteiger partial charge in [-0.05, 0) is 47.2 Å². The third-order valence-corrected chi connectivity index (χ3v) is 7.00. The van der Waals surface area contributed by atoms with Crippen molar-refractivity contribution in [1.29, 1.82) is 0 Å². The molecule has 1 fully saturated rings. The molecule has 2 aromatic rings. The van der Waals surface area contributed by atoms with Gasteiger partial charge in [-0.3, -0.25) is 19.4 Å². The van der Waals surface area contributed by atoms with Crippen molar-refractivity contribution in [3.8, 4) is 0 Å². The molecule has 0 aromatic heterocycles. The molecule has 1 saturated heterocycles. The predicted molar refractivity (Wildman–Crippen MR) is 131 cm³/mol. The highest BCUT2D eigenvalue weighted by Crippen LogP contribution is 2.33. The number of nitrogens with zero attached hydrogens (tertiary/aromatic N) is 2. The van der Waals surface area contributed by atoms with Crippen LogP contribution in [0.1, 0.15) is 45.5 Å². The van der Waals surface area contributed by atoms with E-state index >= 15 is 0 Å². The molecular weight excluding hydrogens is 465 g/mol. The van der Waals surface area contributed by atoms with Crippen molar-refractivity contribution in [3.63, 3.8) is 0 Å². The first kappa shape index (κ1) is 25.9. The van der Waals surface area contributed by atoms with Crippen LogP contribution in [0.25, 0.3) is 0 Å². The number of carbonyl (C=O) groups is 3. The van der Waals surface area contributed by atoms with Gasteiger partial charge in [0, 0.05) is 45.1 Å². The Kier molecular flexibility index (Phi) is 8.13. The Balaban J connectivity index is 1.51. The van der Waals surface area contributed by atoms with Crippen LogP contribution in [0, 0.1) is 5.82 Å². The quantitative estimate of drug-likeness (QED) is 0.486. The highest BCUT2D eigenvalue weighted by Gasteiger charge is 2.47. The molecule has 0 bridgehead atoms. The largest absolute Gasteiger partial charge is 0.379 e. The first-order valence-electron chi connectivity index (χ1n) is 12.3. The van der Waals surface area contributed by atoms with Crippen LogP contribution in [0.4, 0.5) is 4.39 Å². The van der Waals surface area contributed by atoms with Crippen molar-refractivity contribution in [1.82, 2.24) is 15.1 Å². The molecule has 2 aromatic carbocycles. The van der Waals surface area contributed by atoms with Crippen molar-refractivity contribution in [2.75, 3.05) is 33.4 Å². The van der Waals surface area contributed by atoms with E-state index in [0.29, 0.717) is 49.0 Å². The summed E-state index contributed by atoms with van der Waals surface area (Å²) in [5, 5.41) is 13.5. The molecule has 4 rings (SSSR count). The molecule has 0 spiro atoms. The summed E-state index contributed by atoms with van der Waals surface area (Å²) in [7, 11) is 1.37. The van der Waals surface area contributed by atoms with Gasteiger partial charge in [0.25, 0.3) is 11.8 Å². The fourth-order valence-electron chi connectivity index (χ4n) is 4.97. The van der Waals surface area contributed by atoms with Crippen molar-refractivity contribution in [2.45, 2.75) is 44.5 Å². The number of hydrogen-bond acceptors (Lipinski definition) is 6. The van der Waals surface area contributed by atoms with E-state index in [1.54, 1.807) is 12.1 Å². The summed E-state index contributed by atoms with van der Waals surface area (Å²) in [6, 6.07) is 10.5. The zero-order chi connectivity index (χ0) is 25.7. The molecule has 1 unspecified atom stereocenters.